The molecule has 0 aliphatic carbocycles. The minimum Gasteiger partial charge on any atom is -0.392 e. The molecule has 1 amide bonds. The highest BCUT2D eigenvalue weighted by Crippen LogP contribution is 2.32. The number of pyridine rings is 1. The smallest absolute Gasteiger partial charge is 0.270 e. The molecule has 1 unspecified atom stereocenters. The third-order valence-corrected chi connectivity index (χ3v) is 3.91. The number of benzene rings is 1. The lowest BCUT2D eigenvalue weighted by Gasteiger charge is -2.30. The summed E-state index contributed by atoms with van der Waals surface area (Å²) in [5.74, 6) is 0.514. The van der Waals surface area contributed by atoms with Crippen molar-refractivity contribution in [2.24, 2.45) is 0 Å². The molecule has 0 saturated carbocycles. The number of hydrogen-bond donors (Lipinski definition) is 2. The summed E-state index contributed by atoms with van der Waals surface area (Å²) in [7, 11) is 0. The highest BCUT2D eigenvalue weighted by atomic mass is 16.3. The number of amides is 1. The highest BCUT2D eigenvalue weighted by Gasteiger charge is 2.19. The van der Waals surface area contributed by atoms with E-state index in [4.69, 9.17) is 0 Å². The normalized spacial score (nSPS) is 15.0. The molecule has 1 aliphatic heterocycles. The van der Waals surface area contributed by atoms with E-state index in [2.05, 4.69) is 33.4 Å². The van der Waals surface area contributed by atoms with E-state index in [0.29, 0.717) is 5.69 Å². The third kappa shape index (κ3) is 3.51. The summed E-state index contributed by atoms with van der Waals surface area (Å²) in [6.07, 6.45) is 1.56. The quantitative estimate of drug-likeness (QED) is 0.909. The summed E-state index contributed by atoms with van der Waals surface area (Å²) in [6.45, 7) is 2.74. The van der Waals surface area contributed by atoms with Gasteiger partial charge in [-0.25, -0.2) is 4.98 Å². The number of carbonyl (C=O) groups excluding carboxylic acids is 1. The Bertz CT molecular complexity index is 700. The van der Waals surface area contributed by atoms with Gasteiger partial charge in [-0.2, -0.15) is 0 Å². The van der Waals surface area contributed by atoms with Gasteiger partial charge in [0.1, 0.15) is 11.5 Å². The summed E-state index contributed by atoms with van der Waals surface area (Å²) >= 11 is 0. The summed E-state index contributed by atoms with van der Waals surface area (Å²) in [6, 6.07) is 13.8. The van der Waals surface area contributed by atoms with E-state index in [-0.39, 0.29) is 12.5 Å². The summed E-state index contributed by atoms with van der Waals surface area (Å²) < 4.78 is 0. The van der Waals surface area contributed by atoms with Gasteiger partial charge in [-0.3, -0.25) is 4.79 Å². The Hall–Kier alpha value is -2.40. The van der Waals surface area contributed by atoms with Gasteiger partial charge < -0.3 is 15.3 Å². The molecule has 1 aromatic heterocycles. The molecule has 0 radical (unpaired) electrons. The minimum atomic E-state index is -0.573. The average Bonchev–Trinajstić information content (AvgIpc) is 2.59. The maximum Gasteiger partial charge on any atom is 0.270 e. The van der Waals surface area contributed by atoms with Crippen LogP contribution >= 0.6 is 0 Å². The van der Waals surface area contributed by atoms with E-state index in [1.54, 1.807) is 13.0 Å². The van der Waals surface area contributed by atoms with Gasteiger partial charge in [0, 0.05) is 18.8 Å². The fraction of sp³-hybridized carbons (Fsp3) is 0.333. The zero-order valence-corrected chi connectivity index (χ0v) is 13.2. The van der Waals surface area contributed by atoms with Crippen LogP contribution in [-0.4, -0.2) is 35.2 Å². The van der Waals surface area contributed by atoms with E-state index in [0.717, 1.165) is 30.9 Å². The molecule has 0 fully saturated rings. The van der Waals surface area contributed by atoms with Crippen LogP contribution in [0.2, 0.25) is 0 Å². The number of para-hydroxylation sites is 1. The zero-order valence-electron chi connectivity index (χ0n) is 13.2. The van der Waals surface area contributed by atoms with Crippen molar-refractivity contribution in [2.45, 2.75) is 25.9 Å². The number of aliphatic hydroxyl groups excluding tert-OH is 1. The second-order valence-electron chi connectivity index (χ2n) is 5.82. The Balaban J connectivity index is 1.85. The van der Waals surface area contributed by atoms with Gasteiger partial charge in [0.15, 0.2) is 0 Å². The number of anilines is 2. The van der Waals surface area contributed by atoms with Gasteiger partial charge in [0.25, 0.3) is 5.91 Å². The Morgan fingerprint density at radius 3 is 2.96 bits per heavy atom. The molecule has 1 atom stereocenters. The summed E-state index contributed by atoms with van der Waals surface area (Å²) in [5, 5.41) is 12.0. The second kappa shape index (κ2) is 6.79. The molecule has 5 heteroatoms. The molecule has 2 heterocycles. The largest absolute Gasteiger partial charge is 0.392 e. The van der Waals surface area contributed by atoms with Crippen molar-refractivity contribution in [1.29, 1.82) is 0 Å². The van der Waals surface area contributed by atoms with Crippen molar-refractivity contribution < 1.29 is 9.90 Å². The molecular formula is C18H21N3O2. The number of nitrogens with zero attached hydrogens (tertiary/aromatic N) is 2. The molecule has 0 spiro atoms. The number of aliphatic hydroxyl groups is 1. The van der Waals surface area contributed by atoms with Crippen LogP contribution in [0.15, 0.2) is 42.5 Å². The SMILES string of the molecule is CC(O)CNC(=O)c1cccc(N2CCCc3ccccc32)n1. The van der Waals surface area contributed by atoms with Crippen LogP contribution in [0.25, 0.3) is 0 Å². The molecule has 0 saturated heterocycles. The van der Waals surface area contributed by atoms with Gasteiger partial charge >= 0.3 is 0 Å². The van der Waals surface area contributed by atoms with E-state index < -0.39 is 6.10 Å². The van der Waals surface area contributed by atoms with E-state index in [1.165, 1.54) is 5.56 Å². The number of fused-ring (bicyclic) bond motifs is 1. The summed E-state index contributed by atoms with van der Waals surface area (Å²) in [4.78, 5) is 18.8. The van der Waals surface area contributed by atoms with Crippen molar-refractivity contribution in [2.75, 3.05) is 18.0 Å². The molecule has 23 heavy (non-hydrogen) atoms. The van der Waals surface area contributed by atoms with Gasteiger partial charge in [-0.05, 0) is 43.5 Å². The molecule has 1 aromatic carbocycles. The van der Waals surface area contributed by atoms with Gasteiger partial charge in [0.2, 0.25) is 0 Å². The maximum atomic E-state index is 12.1. The van der Waals surface area contributed by atoms with Crippen LogP contribution in [0.5, 0.6) is 0 Å². The molecule has 1 aliphatic rings. The van der Waals surface area contributed by atoms with Crippen LogP contribution in [0.4, 0.5) is 11.5 Å². The molecular weight excluding hydrogens is 290 g/mol. The first-order valence-corrected chi connectivity index (χ1v) is 7.94. The Kier molecular flexibility index (Phi) is 4.57. The fourth-order valence-electron chi connectivity index (χ4n) is 2.80. The van der Waals surface area contributed by atoms with Gasteiger partial charge in [-0.1, -0.05) is 24.3 Å². The van der Waals surface area contributed by atoms with Crippen molar-refractivity contribution in [1.82, 2.24) is 10.3 Å². The fourth-order valence-corrected chi connectivity index (χ4v) is 2.80. The van der Waals surface area contributed by atoms with E-state index >= 15 is 0 Å². The predicted octanol–water partition coefficient (Wildman–Crippen LogP) is 2.28. The van der Waals surface area contributed by atoms with E-state index in [1.807, 2.05) is 18.2 Å². The third-order valence-electron chi connectivity index (χ3n) is 3.91. The topological polar surface area (TPSA) is 65.5 Å². The van der Waals surface area contributed by atoms with Crippen molar-refractivity contribution in [3.8, 4) is 0 Å². The monoisotopic (exact) mass is 311 g/mol. The van der Waals surface area contributed by atoms with Crippen molar-refractivity contribution in [3.63, 3.8) is 0 Å². The lowest BCUT2D eigenvalue weighted by atomic mass is 10.0. The van der Waals surface area contributed by atoms with Crippen LogP contribution in [0, 0.1) is 0 Å². The van der Waals surface area contributed by atoms with Gasteiger partial charge in [-0.15, -0.1) is 0 Å². The van der Waals surface area contributed by atoms with Crippen LogP contribution < -0.4 is 10.2 Å². The molecule has 5 nitrogen and oxygen atoms in total. The minimum absolute atomic E-state index is 0.220. The van der Waals surface area contributed by atoms with Crippen molar-refractivity contribution >= 4 is 17.4 Å². The number of hydrogen-bond acceptors (Lipinski definition) is 4. The first kappa shape index (κ1) is 15.5. The molecule has 2 aromatic rings. The van der Waals surface area contributed by atoms with Crippen LogP contribution in [-0.2, 0) is 6.42 Å². The first-order chi connectivity index (χ1) is 11.1. The van der Waals surface area contributed by atoms with E-state index in [9.17, 15) is 9.90 Å². The number of aromatic nitrogens is 1. The van der Waals surface area contributed by atoms with Crippen LogP contribution in [0.3, 0.4) is 0 Å². The Labute approximate surface area is 136 Å². The standard InChI is InChI=1S/C18H21N3O2/c1-13(22)12-19-18(23)15-8-4-10-17(20-15)21-11-5-7-14-6-2-3-9-16(14)21/h2-4,6,8-10,13,22H,5,7,11-12H2,1H3,(H,19,23). The Morgan fingerprint density at radius 1 is 1.30 bits per heavy atom. The number of carbonyl (C=O) groups is 1. The summed E-state index contributed by atoms with van der Waals surface area (Å²) in [5.41, 5.74) is 2.84. The predicted molar refractivity (Wildman–Crippen MR) is 90.0 cm³/mol. The number of aryl methyl sites for hydroxylation is 1. The maximum absolute atomic E-state index is 12.1. The van der Waals surface area contributed by atoms with Crippen molar-refractivity contribution in [3.05, 3.63) is 53.7 Å². The second-order valence-corrected chi connectivity index (χ2v) is 5.82. The molecule has 3 rings (SSSR count). The first-order valence-electron chi connectivity index (χ1n) is 7.94. The number of rotatable bonds is 4. The number of nitrogens with one attached hydrogen (secondary N) is 1. The highest BCUT2D eigenvalue weighted by molar-refractivity contribution is 5.92. The molecule has 0 bridgehead atoms. The lowest BCUT2D eigenvalue weighted by Crippen LogP contribution is -2.31. The molecule has 2 N–H and O–H groups in total. The zero-order chi connectivity index (χ0) is 16.2. The Morgan fingerprint density at radius 2 is 2.13 bits per heavy atom. The molecule has 120 valence electrons. The average molecular weight is 311 g/mol. The van der Waals surface area contributed by atoms with Crippen LogP contribution in [0.1, 0.15) is 29.4 Å². The lowest BCUT2D eigenvalue weighted by molar-refractivity contribution is 0.0919. The van der Waals surface area contributed by atoms with Gasteiger partial charge in [0.05, 0.1) is 6.10 Å².